The fourth-order valence-corrected chi connectivity index (χ4v) is 2.74. The molecule has 1 fully saturated rings. The van der Waals surface area contributed by atoms with Crippen molar-refractivity contribution in [1.82, 2.24) is 20.2 Å². The molecular weight excluding hydrogens is 502 g/mol. The first-order valence-electron chi connectivity index (χ1n) is 9.64. The van der Waals surface area contributed by atoms with Crippen LogP contribution in [-0.2, 0) is 17.4 Å². The molecule has 0 radical (unpaired) electrons. The van der Waals surface area contributed by atoms with Gasteiger partial charge < -0.3 is 25.0 Å². The minimum Gasteiger partial charge on any atom is -0.381 e. The number of nitrogens with one attached hydrogen (secondary N) is 2. The van der Waals surface area contributed by atoms with Crippen LogP contribution in [0, 0.1) is 5.92 Å². The fourth-order valence-electron chi connectivity index (χ4n) is 2.74. The van der Waals surface area contributed by atoms with Crippen LogP contribution >= 0.6 is 24.0 Å². The Morgan fingerprint density at radius 2 is 2.10 bits per heavy atom. The quantitative estimate of drug-likeness (QED) is 0.176. The van der Waals surface area contributed by atoms with E-state index in [1.54, 1.807) is 0 Å². The van der Waals surface area contributed by atoms with Crippen LogP contribution in [0.2, 0.25) is 0 Å². The Morgan fingerprint density at radius 1 is 1.38 bits per heavy atom. The lowest BCUT2D eigenvalue weighted by Gasteiger charge is -2.30. The summed E-state index contributed by atoms with van der Waals surface area (Å²) in [5.41, 5.74) is -3.04. The van der Waals surface area contributed by atoms with Gasteiger partial charge in [0.15, 0.2) is 5.96 Å². The number of alkyl halides is 3. The zero-order chi connectivity index (χ0) is 20.6. The molecule has 1 unspecified atom stereocenters. The van der Waals surface area contributed by atoms with E-state index in [2.05, 4.69) is 20.6 Å². The second-order valence-corrected chi connectivity index (χ2v) is 7.03. The van der Waals surface area contributed by atoms with E-state index in [1.165, 1.54) is 36.9 Å². The molecule has 1 atom stereocenters. The number of hydrogen-bond acceptors (Lipinski definition) is 4. The molecule has 1 saturated carbocycles. The first kappa shape index (κ1) is 26.0. The van der Waals surface area contributed by atoms with E-state index in [1.807, 2.05) is 6.92 Å². The third-order valence-electron chi connectivity index (χ3n) is 4.55. The van der Waals surface area contributed by atoms with Gasteiger partial charge in [0.1, 0.15) is 5.82 Å². The molecule has 0 aromatic carbocycles. The van der Waals surface area contributed by atoms with Crippen LogP contribution in [0.3, 0.4) is 0 Å². The third-order valence-corrected chi connectivity index (χ3v) is 4.55. The number of aromatic nitrogens is 2. The van der Waals surface area contributed by atoms with Gasteiger partial charge in [-0.05, 0) is 32.1 Å². The minimum atomic E-state index is -4.85. The molecule has 1 aromatic rings. The highest BCUT2D eigenvalue weighted by Crippen LogP contribution is 2.40. The molecule has 0 bridgehead atoms. The summed E-state index contributed by atoms with van der Waals surface area (Å²) in [6.45, 7) is 4.25. The monoisotopic (exact) mass is 533 g/mol. The smallest absolute Gasteiger partial charge is 0.381 e. The van der Waals surface area contributed by atoms with Gasteiger partial charge in [-0.3, -0.25) is 4.99 Å². The summed E-state index contributed by atoms with van der Waals surface area (Å²) in [6.07, 6.45) is 0.401. The lowest BCUT2D eigenvalue weighted by atomic mass is 9.97. The average molecular weight is 533 g/mol. The Balaban J connectivity index is 0.00000420. The summed E-state index contributed by atoms with van der Waals surface area (Å²) in [7, 11) is 1.42. The molecule has 2 rings (SSSR count). The van der Waals surface area contributed by atoms with Gasteiger partial charge in [0.25, 0.3) is 0 Å². The van der Waals surface area contributed by atoms with Crippen LogP contribution in [0.25, 0.3) is 0 Å². The van der Waals surface area contributed by atoms with Crippen molar-refractivity contribution >= 4 is 29.9 Å². The number of rotatable bonds is 11. The van der Waals surface area contributed by atoms with Crippen molar-refractivity contribution in [3.05, 3.63) is 18.2 Å². The number of hydrogen-bond donors (Lipinski definition) is 3. The predicted octanol–water partition coefficient (Wildman–Crippen LogP) is 2.55. The number of imidazole rings is 1. The van der Waals surface area contributed by atoms with E-state index in [0.717, 1.165) is 13.0 Å². The van der Waals surface area contributed by atoms with E-state index in [9.17, 15) is 18.3 Å². The molecule has 1 heterocycles. The lowest BCUT2D eigenvalue weighted by molar-refractivity contribution is -0.272. The van der Waals surface area contributed by atoms with Gasteiger partial charge in [-0.25, -0.2) is 4.98 Å². The summed E-state index contributed by atoms with van der Waals surface area (Å²) >= 11 is 0. The minimum absolute atomic E-state index is 0. The Labute approximate surface area is 186 Å². The number of ether oxygens (including phenoxy) is 1. The SMILES string of the molecule is CCNC(=NCCCOCC1CC1)NCCC(O)(c1nccn1C)C(F)(F)F.I. The maximum absolute atomic E-state index is 13.5. The summed E-state index contributed by atoms with van der Waals surface area (Å²) in [5, 5.41) is 16.2. The number of aliphatic imine (C=N–C) groups is 1. The van der Waals surface area contributed by atoms with Crippen LogP contribution in [0.15, 0.2) is 17.4 Å². The largest absolute Gasteiger partial charge is 0.424 e. The second-order valence-electron chi connectivity index (χ2n) is 7.03. The molecule has 29 heavy (non-hydrogen) atoms. The van der Waals surface area contributed by atoms with E-state index in [-0.39, 0.29) is 30.5 Å². The average Bonchev–Trinajstić information content (AvgIpc) is 3.35. The molecule has 1 aromatic heterocycles. The van der Waals surface area contributed by atoms with E-state index < -0.39 is 24.0 Å². The normalized spacial score (nSPS) is 16.8. The summed E-state index contributed by atoms with van der Waals surface area (Å²) in [4.78, 5) is 8.03. The molecule has 1 aliphatic rings. The highest BCUT2D eigenvalue weighted by atomic mass is 127. The van der Waals surface area contributed by atoms with E-state index in [0.29, 0.717) is 31.6 Å². The van der Waals surface area contributed by atoms with Crippen molar-refractivity contribution in [2.45, 2.75) is 44.4 Å². The van der Waals surface area contributed by atoms with Gasteiger partial charge in [-0.2, -0.15) is 13.2 Å². The highest BCUT2D eigenvalue weighted by molar-refractivity contribution is 14.0. The van der Waals surface area contributed by atoms with Gasteiger partial charge >= 0.3 is 6.18 Å². The first-order valence-corrected chi connectivity index (χ1v) is 9.64. The number of aryl methyl sites for hydroxylation is 1. The summed E-state index contributed by atoms with van der Waals surface area (Å²) < 4.78 is 47.2. The zero-order valence-electron chi connectivity index (χ0n) is 16.8. The van der Waals surface area contributed by atoms with E-state index in [4.69, 9.17) is 4.74 Å². The van der Waals surface area contributed by atoms with Gasteiger partial charge in [-0.1, -0.05) is 0 Å². The molecule has 0 aliphatic heterocycles. The molecule has 0 amide bonds. The Bertz CT molecular complexity index is 637. The molecule has 11 heteroatoms. The van der Waals surface area contributed by atoms with Crippen molar-refractivity contribution in [2.75, 3.05) is 32.8 Å². The zero-order valence-corrected chi connectivity index (χ0v) is 19.2. The number of halogens is 4. The lowest BCUT2D eigenvalue weighted by Crippen LogP contribution is -2.48. The van der Waals surface area contributed by atoms with Gasteiger partial charge in [0, 0.05) is 58.7 Å². The number of aliphatic hydroxyl groups is 1. The van der Waals surface area contributed by atoms with Gasteiger partial charge in [0.05, 0.1) is 0 Å². The molecular formula is C18H31F3IN5O2. The van der Waals surface area contributed by atoms with Crippen LogP contribution in [0.1, 0.15) is 38.4 Å². The Morgan fingerprint density at radius 3 is 2.66 bits per heavy atom. The standard InChI is InChI=1S/C18H30F3N5O2.HI/c1-3-22-16(24-8-4-12-28-13-14-5-6-14)25-9-7-17(27,18(19,20)21)15-23-10-11-26(15)2;/h10-11,14,27H,3-9,12-13H2,1-2H3,(H2,22,24,25);1H. The van der Waals surface area contributed by atoms with Crippen LogP contribution < -0.4 is 10.6 Å². The van der Waals surface area contributed by atoms with Crippen molar-refractivity contribution in [2.24, 2.45) is 18.0 Å². The highest BCUT2D eigenvalue weighted by Gasteiger charge is 2.57. The van der Waals surface area contributed by atoms with Crippen molar-refractivity contribution in [3.63, 3.8) is 0 Å². The molecule has 3 N–H and O–H groups in total. The fraction of sp³-hybridized carbons (Fsp3) is 0.778. The van der Waals surface area contributed by atoms with E-state index >= 15 is 0 Å². The Hall–Kier alpha value is -1.08. The maximum atomic E-state index is 13.5. The van der Waals surface area contributed by atoms with Crippen LogP contribution in [0.4, 0.5) is 13.2 Å². The predicted molar refractivity (Wildman–Crippen MR) is 115 cm³/mol. The topological polar surface area (TPSA) is 83.7 Å². The summed E-state index contributed by atoms with van der Waals surface area (Å²) in [6, 6.07) is 0. The van der Waals surface area contributed by atoms with Crippen molar-refractivity contribution < 1.29 is 23.0 Å². The van der Waals surface area contributed by atoms with Crippen molar-refractivity contribution in [3.8, 4) is 0 Å². The molecule has 1 aliphatic carbocycles. The first-order chi connectivity index (χ1) is 13.3. The molecule has 7 nitrogen and oxygen atoms in total. The summed E-state index contributed by atoms with van der Waals surface area (Å²) in [5.74, 6) is 0.694. The molecule has 0 spiro atoms. The number of nitrogens with zero attached hydrogens (tertiary/aromatic N) is 3. The Kier molecular flexibility index (Phi) is 10.7. The van der Waals surface area contributed by atoms with Crippen molar-refractivity contribution in [1.29, 1.82) is 0 Å². The van der Waals surface area contributed by atoms with Crippen LogP contribution in [0.5, 0.6) is 0 Å². The van der Waals surface area contributed by atoms with Gasteiger partial charge in [0.2, 0.25) is 5.60 Å². The second kappa shape index (κ2) is 11.9. The maximum Gasteiger partial charge on any atom is 0.424 e. The van der Waals surface area contributed by atoms with Gasteiger partial charge in [-0.15, -0.1) is 24.0 Å². The number of guanidine groups is 1. The molecule has 0 saturated heterocycles. The van der Waals surface area contributed by atoms with Crippen LogP contribution in [-0.4, -0.2) is 59.6 Å². The molecule has 168 valence electrons. The third kappa shape index (κ3) is 7.93.